The average molecular weight is 243 g/mol. The third-order valence-electron chi connectivity index (χ3n) is 4.80. The number of amides is 1. The van der Waals surface area contributed by atoms with Gasteiger partial charge in [-0.2, -0.15) is 0 Å². The van der Waals surface area contributed by atoms with Gasteiger partial charge in [0.25, 0.3) is 0 Å². The molecule has 3 unspecified atom stereocenters. The SMILES string of the molecule is CC(c1ccccc1)N(C)C(=O)C1CC2CC2C1. The zero-order valence-corrected chi connectivity index (χ0v) is 11.2. The Morgan fingerprint density at radius 1 is 1.17 bits per heavy atom. The van der Waals surface area contributed by atoms with Crippen molar-refractivity contribution in [1.29, 1.82) is 0 Å². The highest BCUT2D eigenvalue weighted by atomic mass is 16.2. The zero-order chi connectivity index (χ0) is 12.7. The summed E-state index contributed by atoms with van der Waals surface area (Å²) in [6.45, 7) is 2.11. The van der Waals surface area contributed by atoms with E-state index < -0.39 is 0 Å². The van der Waals surface area contributed by atoms with Gasteiger partial charge in [0.1, 0.15) is 0 Å². The number of benzene rings is 1. The molecule has 0 saturated heterocycles. The molecule has 0 heterocycles. The second-order valence-electron chi connectivity index (χ2n) is 5.96. The van der Waals surface area contributed by atoms with Gasteiger partial charge < -0.3 is 4.90 Å². The Balaban J connectivity index is 1.66. The molecule has 0 bridgehead atoms. The summed E-state index contributed by atoms with van der Waals surface area (Å²) in [5.41, 5.74) is 1.22. The van der Waals surface area contributed by atoms with Crippen molar-refractivity contribution in [2.75, 3.05) is 7.05 Å². The molecular formula is C16H21NO. The molecule has 0 N–H and O–H groups in total. The van der Waals surface area contributed by atoms with Gasteiger partial charge >= 0.3 is 0 Å². The fourth-order valence-electron chi connectivity index (χ4n) is 3.35. The van der Waals surface area contributed by atoms with Crippen molar-refractivity contribution in [2.24, 2.45) is 17.8 Å². The molecule has 96 valence electrons. The minimum atomic E-state index is 0.177. The molecule has 1 aromatic rings. The molecule has 1 aromatic carbocycles. The maximum atomic E-state index is 12.5. The van der Waals surface area contributed by atoms with Crippen LogP contribution < -0.4 is 0 Å². The van der Waals surface area contributed by atoms with Gasteiger partial charge in [0.15, 0.2) is 0 Å². The number of carbonyl (C=O) groups excluding carboxylic acids is 1. The Morgan fingerprint density at radius 3 is 2.39 bits per heavy atom. The Labute approximate surface area is 109 Å². The summed E-state index contributed by atoms with van der Waals surface area (Å²) in [5.74, 6) is 2.39. The van der Waals surface area contributed by atoms with Crippen LogP contribution in [-0.2, 0) is 4.79 Å². The Morgan fingerprint density at radius 2 is 1.78 bits per heavy atom. The van der Waals surface area contributed by atoms with E-state index in [2.05, 4.69) is 19.1 Å². The van der Waals surface area contributed by atoms with E-state index in [0.717, 1.165) is 24.7 Å². The van der Waals surface area contributed by atoms with E-state index in [0.29, 0.717) is 11.8 Å². The van der Waals surface area contributed by atoms with Crippen molar-refractivity contribution in [1.82, 2.24) is 4.90 Å². The molecule has 0 aliphatic heterocycles. The van der Waals surface area contributed by atoms with Gasteiger partial charge in [-0.1, -0.05) is 30.3 Å². The van der Waals surface area contributed by atoms with Crippen LogP contribution in [0.2, 0.25) is 0 Å². The lowest BCUT2D eigenvalue weighted by molar-refractivity contribution is -0.136. The van der Waals surface area contributed by atoms with Gasteiger partial charge in [0.05, 0.1) is 6.04 Å². The van der Waals surface area contributed by atoms with Crippen LogP contribution in [0, 0.1) is 17.8 Å². The Bertz CT molecular complexity index is 432. The van der Waals surface area contributed by atoms with Crippen LogP contribution in [-0.4, -0.2) is 17.9 Å². The van der Waals surface area contributed by atoms with E-state index in [1.807, 2.05) is 30.1 Å². The summed E-state index contributed by atoms with van der Waals surface area (Å²) in [4.78, 5) is 14.4. The highest BCUT2D eigenvalue weighted by Crippen LogP contribution is 2.54. The van der Waals surface area contributed by atoms with Crippen molar-refractivity contribution in [3.63, 3.8) is 0 Å². The van der Waals surface area contributed by atoms with Gasteiger partial charge in [-0.3, -0.25) is 4.79 Å². The van der Waals surface area contributed by atoms with Crippen LogP contribution in [0.25, 0.3) is 0 Å². The first-order valence-corrected chi connectivity index (χ1v) is 6.98. The highest BCUT2D eigenvalue weighted by Gasteiger charge is 2.48. The van der Waals surface area contributed by atoms with Crippen LogP contribution >= 0.6 is 0 Å². The first kappa shape index (κ1) is 11.8. The molecule has 18 heavy (non-hydrogen) atoms. The Kier molecular flexibility index (Phi) is 2.89. The third-order valence-corrected chi connectivity index (χ3v) is 4.80. The fraction of sp³-hybridized carbons (Fsp3) is 0.562. The summed E-state index contributed by atoms with van der Waals surface area (Å²) in [5, 5.41) is 0. The van der Waals surface area contributed by atoms with Crippen LogP contribution in [0.4, 0.5) is 0 Å². The van der Waals surface area contributed by atoms with Gasteiger partial charge in [-0.05, 0) is 43.6 Å². The van der Waals surface area contributed by atoms with E-state index in [1.165, 1.54) is 12.0 Å². The number of fused-ring (bicyclic) bond motifs is 1. The van der Waals surface area contributed by atoms with Crippen LogP contribution in [0.5, 0.6) is 0 Å². The molecule has 2 nitrogen and oxygen atoms in total. The first-order valence-electron chi connectivity index (χ1n) is 6.98. The maximum absolute atomic E-state index is 12.5. The maximum Gasteiger partial charge on any atom is 0.225 e. The number of hydrogen-bond donors (Lipinski definition) is 0. The fourth-order valence-corrected chi connectivity index (χ4v) is 3.35. The monoisotopic (exact) mass is 243 g/mol. The van der Waals surface area contributed by atoms with Crippen molar-refractivity contribution in [3.8, 4) is 0 Å². The van der Waals surface area contributed by atoms with Gasteiger partial charge in [0.2, 0.25) is 5.91 Å². The molecule has 0 aromatic heterocycles. The summed E-state index contributed by atoms with van der Waals surface area (Å²) < 4.78 is 0. The molecule has 2 fully saturated rings. The standard InChI is InChI=1S/C16H21NO/c1-11(12-6-4-3-5-7-12)17(2)16(18)15-9-13-8-14(13)10-15/h3-7,11,13-15H,8-10H2,1-2H3. The van der Waals surface area contributed by atoms with Crippen molar-refractivity contribution >= 4 is 5.91 Å². The zero-order valence-electron chi connectivity index (χ0n) is 11.2. The van der Waals surface area contributed by atoms with Crippen LogP contribution in [0.3, 0.4) is 0 Å². The quantitative estimate of drug-likeness (QED) is 0.798. The van der Waals surface area contributed by atoms with Crippen molar-refractivity contribution < 1.29 is 4.79 Å². The molecular weight excluding hydrogens is 222 g/mol. The normalized spacial score (nSPS) is 30.7. The average Bonchev–Trinajstić information content (AvgIpc) is 3.03. The molecule has 3 atom stereocenters. The Hall–Kier alpha value is -1.31. The summed E-state index contributed by atoms with van der Waals surface area (Å²) >= 11 is 0. The molecule has 2 aliphatic rings. The molecule has 2 heteroatoms. The number of hydrogen-bond acceptors (Lipinski definition) is 1. The molecule has 1 amide bonds. The number of carbonyl (C=O) groups is 1. The molecule has 0 spiro atoms. The molecule has 3 rings (SSSR count). The summed E-state index contributed by atoms with van der Waals surface area (Å²) in [7, 11) is 1.95. The minimum absolute atomic E-state index is 0.177. The smallest absolute Gasteiger partial charge is 0.225 e. The predicted molar refractivity (Wildman–Crippen MR) is 71.9 cm³/mol. The minimum Gasteiger partial charge on any atom is -0.339 e. The molecule has 0 radical (unpaired) electrons. The number of rotatable bonds is 3. The summed E-state index contributed by atoms with van der Waals surface area (Å²) in [6, 6.07) is 10.5. The topological polar surface area (TPSA) is 20.3 Å². The summed E-state index contributed by atoms with van der Waals surface area (Å²) in [6.07, 6.45) is 3.65. The van der Waals surface area contributed by atoms with Crippen molar-refractivity contribution in [2.45, 2.75) is 32.2 Å². The van der Waals surface area contributed by atoms with E-state index in [1.54, 1.807) is 0 Å². The van der Waals surface area contributed by atoms with E-state index in [9.17, 15) is 4.79 Å². The first-order chi connectivity index (χ1) is 8.66. The van der Waals surface area contributed by atoms with E-state index in [-0.39, 0.29) is 6.04 Å². The largest absolute Gasteiger partial charge is 0.339 e. The van der Waals surface area contributed by atoms with Gasteiger partial charge in [0, 0.05) is 13.0 Å². The van der Waals surface area contributed by atoms with Crippen molar-refractivity contribution in [3.05, 3.63) is 35.9 Å². The lowest BCUT2D eigenvalue weighted by Crippen LogP contribution is -2.34. The number of nitrogens with zero attached hydrogens (tertiary/aromatic N) is 1. The van der Waals surface area contributed by atoms with Gasteiger partial charge in [-0.25, -0.2) is 0 Å². The predicted octanol–water partition coefficient (Wildman–Crippen LogP) is 3.25. The second-order valence-corrected chi connectivity index (χ2v) is 5.96. The third kappa shape index (κ3) is 2.05. The lowest BCUT2D eigenvalue weighted by Gasteiger charge is -2.28. The highest BCUT2D eigenvalue weighted by molar-refractivity contribution is 5.79. The van der Waals surface area contributed by atoms with E-state index in [4.69, 9.17) is 0 Å². The van der Waals surface area contributed by atoms with Gasteiger partial charge in [-0.15, -0.1) is 0 Å². The molecule has 2 saturated carbocycles. The second kappa shape index (κ2) is 4.42. The van der Waals surface area contributed by atoms with Crippen LogP contribution in [0.1, 0.15) is 37.8 Å². The molecule has 2 aliphatic carbocycles. The lowest BCUT2D eigenvalue weighted by atomic mass is 10.00. The van der Waals surface area contributed by atoms with Crippen LogP contribution in [0.15, 0.2) is 30.3 Å². The van der Waals surface area contributed by atoms with E-state index >= 15 is 0 Å².